The van der Waals surface area contributed by atoms with Crippen LogP contribution in [0.15, 0.2) is 42.5 Å². The number of hydrogen-bond donors (Lipinski definition) is 1. The van der Waals surface area contributed by atoms with Gasteiger partial charge < -0.3 is 24.4 Å². The highest BCUT2D eigenvalue weighted by molar-refractivity contribution is 7.92. The molecule has 214 valence electrons. The fourth-order valence-corrected chi connectivity index (χ4v) is 5.16. The Morgan fingerprint density at radius 3 is 2.46 bits per heavy atom. The summed E-state index contributed by atoms with van der Waals surface area (Å²) in [5.74, 6) is 1.20. The first-order chi connectivity index (χ1) is 18.5. The van der Waals surface area contributed by atoms with Gasteiger partial charge in [0.15, 0.2) is 11.5 Å². The number of fused-ring (bicyclic) bond motifs is 1. The zero-order valence-electron chi connectivity index (χ0n) is 23.3. The number of carbonyl (C=O) groups is 2. The quantitative estimate of drug-likeness (QED) is 0.399. The molecule has 39 heavy (non-hydrogen) atoms. The third-order valence-electron chi connectivity index (χ3n) is 6.62. The van der Waals surface area contributed by atoms with Crippen molar-refractivity contribution >= 4 is 27.5 Å². The number of sulfonamides is 1. The molecule has 0 aromatic heterocycles. The first-order valence-electron chi connectivity index (χ1n) is 13.1. The number of carbonyl (C=O) groups excluding carboxylic acids is 2. The van der Waals surface area contributed by atoms with Crippen molar-refractivity contribution in [2.75, 3.05) is 37.4 Å². The predicted octanol–water partition coefficient (Wildman–Crippen LogP) is 3.34. The number of benzene rings is 2. The van der Waals surface area contributed by atoms with Crippen molar-refractivity contribution in [2.45, 2.75) is 58.7 Å². The lowest BCUT2D eigenvalue weighted by Crippen LogP contribution is -2.49. The summed E-state index contributed by atoms with van der Waals surface area (Å²) in [5.41, 5.74) is 1.25. The number of rotatable bonds is 13. The topological polar surface area (TPSA) is 114 Å². The Balaban J connectivity index is 1.75. The Kier molecular flexibility index (Phi) is 10.4. The van der Waals surface area contributed by atoms with Crippen LogP contribution in [-0.2, 0) is 26.2 Å². The molecule has 1 aliphatic heterocycles. The van der Waals surface area contributed by atoms with Crippen molar-refractivity contribution in [1.82, 2.24) is 10.2 Å². The minimum Gasteiger partial charge on any atom is -0.497 e. The monoisotopic (exact) mass is 561 g/mol. The van der Waals surface area contributed by atoms with Gasteiger partial charge in [-0.1, -0.05) is 19.1 Å². The van der Waals surface area contributed by atoms with E-state index in [1.807, 2.05) is 38.1 Å². The predicted molar refractivity (Wildman–Crippen MR) is 150 cm³/mol. The van der Waals surface area contributed by atoms with Crippen molar-refractivity contribution in [3.63, 3.8) is 0 Å². The summed E-state index contributed by atoms with van der Waals surface area (Å²) in [6.07, 6.45) is 2.21. The largest absolute Gasteiger partial charge is 0.497 e. The van der Waals surface area contributed by atoms with Gasteiger partial charge >= 0.3 is 0 Å². The number of nitrogens with zero attached hydrogens (tertiary/aromatic N) is 2. The third kappa shape index (κ3) is 8.26. The lowest BCUT2D eigenvalue weighted by Gasteiger charge is -2.30. The molecule has 11 heteroatoms. The Morgan fingerprint density at radius 2 is 1.79 bits per heavy atom. The summed E-state index contributed by atoms with van der Waals surface area (Å²) in [6.45, 7) is 6.71. The van der Waals surface area contributed by atoms with Gasteiger partial charge in [0.25, 0.3) is 0 Å². The van der Waals surface area contributed by atoms with Crippen LogP contribution in [0.2, 0.25) is 0 Å². The van der Waals surface area contributed by atoms with Crippen LogP contribution < -0.4 is 23.8 Å². The summed E-state index contributed by atoms with van der Waals surface area (Å²) in [6, 6.07) is 11.6. The van der Waals surface area contributed by atoms with E-state index in [-0.39, 0.29) is 43.8 Å². The third-order valence-corrected chi connectivity index (χ3v) is 7.82. The molecule has 0 saturated heterocycles. The number of methoxy groups -OCH3 is 1. The van der Waals surface area contributed by atoms with Crippen LogP contribution in [0.5, 0.6) is 17.2 Å². The highest BCUT2D eigenvalue weighted by Crippen LogP contribution is 2.34. The molecule has 2 atom stereocenters. The summed E-state index contributed by atoms with van der Waals surface area (Å²) < 4.78 is 43.0. The van der Waals surface area contributed by atoms with E-state index in [9.17, 15) is 18.0 Å². The normalized spacial score (nSPS) is 14.2. The number of ether oxygens (including phenoxy) is 3. The molecule has 0 bridgehead atoms. The number of nitrogens with one attached hydrogen (secondary N) is 1. The smallest absolute Gasteiger partial charge is 0.242 e. The van der Waals surface area contributed by atoms with Crippen LogP contribution in [0, 0.1) is 0 Å². The molecule has 0 fully saturated rings. The number of hydrogen-bond acceptors (Lipinski definition) is 7. The molecule has 0 saturated carbocycles. The van der Waals surface area contributed by atoms with Crippen LogP contribution in [0.1, 0.15) is 45.6 Å². The summed E-state index contributed by atoms with van der Waals surface area (Å²) in [7, 11) is -2.06. The molecule has 2 amide bonds. The molecule has 1 N–H and O–H groups in total. The van der Waals surface area contributed by atoms with E-state index in [1.165, 1.54) is 9.21 Å². The fourth-order valence-electron chi connectivity index (χ4n) is 4.21. The molecule has 2 aromatic carbocycles. The van der Waals surface area contributed by atoms with Crippen molar-refractivity contribution in [3.8, 4) is 17.2 Å². The van der Waals surface area contributed by atoms with Gasteiger partial charge in [-0.15, -0.1) is 0 Å². The van der Waals surface area contributed by atoms with Gasteiger partial charge in [0.1, 0.15) is 25.0 Å². The Morgan fingerprint density at radius 1 is 1.08 bits per heavy atom. The maximum Gasteiger partial charge on any atom is 0.242 e. The van der Waals surface area contributed by atoms with Crippen LogP contribution in [0.25, 0.3) is 0 Å². The highest BCUT2D eigenvalue weighted by atomic mass is 32.2. The fraction of sp³-hybridized carbons (Fsp3) is 0.500. The molecule has 1 heterocycles. The molecule has 0 aliphatic carbocycles. The molecule has 0 radical (unpaired) electrons. The standard InChI is InChI=1S/C28H39N3O7S/c1-6-20(2)29-28(33)21(3)30(19-22-9-7-10-24(17-22)36-4)27(32)11-8-14-31(39(5,34)35)23-12-13-25-26(18-23)38-16-15-37-25/h7,9-10,12-13,17-18,20-21H,6,8,11,14-16,19H2,1-5H3,(H,29,33)/t20-,21-/m1/s1. The maximum atomic E-state index is 13.5. The average Bonchev–Trinajstić information content (AvgIpc) is 2.92. The minimum absolute atomic E-state index is 0.0250. The van der Waals surface area contributed by atoms with Crippen molar-refractivity contribution in [3.05, 3.63) is 48.0 Å². The van der Waals surface area contributed by atoms with Gasteiger partial charge in [-0.05, 0) is 56.5 Å². The molecule has 10 nitrogen and oxygen atoms in total. The average molecular weight is 562 g/mol. The van der Waals surface area contributed by atoms with E-state index in [0.29, 0.717) is 36.1 Å². The van der Waals surface area contributed by atoms with Gasteiger partial charge in [0, 0.05) is 31.6 Å². The van der Waals surface area contributed by atoms with Crippen molar-refractivity contribution in [2.24, 2.45) is 0 Å². The first-order valence-corrected chi connectivity index (χ1v) is 15.0. The molecule has 3 rings (SSSR count). The van der Waals surface area contributed by atoms with Crippen molar-refractivity contribution < 1.29 is 32.2 Å². The summed E-state index contributed by atoms with van der Waals surface area (Å²) in [4.78, 5) is 28.0. The second-order valence-corrected chi connectivity index (χ2v) is 11.5. The highest BCUT2D eigenvalue weighted by Gasteiger charge is 2.27. The van der Waals surface area contributed by atoms with Gasteiger partial charge in [0.05, 0.1) is 19.1 Å². The van der Waals surface area contributed by atoms with Crippen LogP contribution in [0.4, 0.5) is 5.69 Å². The van der Waals surface area contributed by atoms with E-state index in [0.717, 1.165) is 18.2 Å². The van der Waals surface area contributed by atoms with E-state index >= 15 is 0 Å². The van der Waals surface area contributed by atoms with Crippen LogP contribution >= 0.6 is 0 Å². The second-order valence-electron chi connectivity index (χ2n) is 9.63. The Bertz CT molecular complexity index is 1250. The van der Waals surface area contributed by atoms with Crippen molar-refractivity contribution in [1.29, 1.82) is 0 Å². The molecular weight excluding hydrogens is 522 g/mol. The van der Waals surface area contributed by atoms with Gasteiger partial charge in [-0.2, -0.15) is 0 Å². The van der Waals surface area contributed by atoms with E-state index < -0.39 is 16.1 Å². The maximum absolute atomic E-state index is 13.5. The van der Waals surface area contributed by atoms with Crippen LogP contribution in [-0.4, -0.2) is 70.3 Å². The molecular formula is C28H39N3O7S. The number of anilines is 1. The minimum atomic E-state index is -3.63. The summed E-state index contributed by atoms with van der Waals surface area (Å²) >= 11 is 0. The zero-order chi connectivity index (χ0) is 28.6. The molecule has 0 unspecified atom stereocenters. The second kappa shape index (κ2) is 13.5. The van der Waals surface area contributed by atoms with E-state index in [2.05, 4.69) is 5.32 Å². The molecule has 2 aromatic rings. The Hall–Kier alpha value is -3.47. The molecule has 1 aliphatic rings. The lowest BCUT2D eigenvalue weighted by molar-refractivity contribution is -0.140. The first kappa shape index (κ1) is 30.1. The van der Waals surface area contributed by atoms with Gasteiger partial charge in [-0.25, -0.2) is 8.42 Å². The van der Waals surface area contributed by atoms with Crippen LogP contribution in [0.3, 0.4) is 0 Å². The SMILES string of the molecule is CC[C@@H](C)NC(=O)[C@@H](C)N(Cc1cccc(OC)c1)C(=O)CCCN(c1ccc2c(c1)OCCO2)S(C)(=O)=O. The Labute approximate surface area is 231 Å². The zero-order valence-corrected chi connectivity index (χ0v) is 24.1. The van der Waals surface area contributed by atoms with E-state index in [4.69, 9.17) is 14.2 Å². The van der Waals surface area contributed by atoms with Gasteiger partial charge in [0.2, 0.25) is 21.8 Å². The summed E-state index contributed by atoms with van der Waals surface area (Å²) in [5, 5.41) is 2.95. The van der Waals surface area contributed by atoms with E-state index in [1.54, 1.807) is 32.2 Å². The molecule has 0 spiro atoms. The number of amides is 2. The van der Waals surface area contributed by atoms with Gasteiger partial charge in [-0.3, -0.25) is 13.9 Å². The lowest BCUT2D eigenvalue weighted by atomic mass is 10.1.